The summed E-state index contributed by atoms with van der Waals surface area (Å²) in [7, 11) is 0. The van der Waals surface area contributed by atoms with E-state index in [1.807, 2.05) is 0 Å². The molecule has 2 atom stereocenters. The molecule has 0 amide bonds. The van der Waals surface area contributed by atoms with Crippen molar-refractivity contribution in [1.29, 1.82) is 0 Å². The molecule has 6 nitrogen and oxygen atoms in total. The fourth-order valence-corrected chi connectivity index (χ4v) is 1.03. The Morgan fingerprint density at radius 2 is 1.56 bits per heavy atom. The molecule has 2 fully saturated rings. The molecule has 2 aliphatic rings. The topological polar surface area (TPSA) is 71.1 Å². The molecule has 0 bridgehead atoms. The molecule has 18 heavy (non-hydrogen) atoms. The molecule has 100 valence electrons. The van der Waals surface area contributed by atoms with Crippen LogP contribution in [0.2, 0.25) is 0 Å². The minimum atomic E-state index is -0.771. The molecule has 0 spiro atoms. The Morgan fingerprint density at radius 3 is 1.72 bits per heavy atom. The third-order valence-electron chi connectivity index (χ3n) is 1.64. The number of carbonyl (C=O) groups excluding carboxylic acids is 2. The zero-order valence-electron chi connectivity index (χ0n) is 9.57. The molecule has 0 aromatic heterocycles. The van der Waals surface area contributed by atoms with Gasteiger partial charge in [-0.1, -0.05) is 0 Å². The van der Waals surface area contributed by atoms with E-state index in [0.29, 0.717) is 12.5 Å². The second-order valence-electron chi connectivity index (χ2n) is 2.91. The van der Waals surface area contributed by atoms with Gasteiger partial charge in [0.1, 0.15) is 19.9 Å². The van der Waals surface area contributed by atoms with Gasteiger partial charge in [-0.05, 0) is 0 Å². The molecule has 2 saturated heterocycles. The Bertz CT molecular complexity index is 244. The van der Waals surface area contributed by atoms with Gasteiger partial charge in [0.2, 0.25) is 0 Å². The summed E-state index contributed by atoms with van der Waals surface area (Å²) in [4.78, 5) is 20.1. The summed E-state index contributed by atoms with van der Waals surface area (Å²) in [6, 6.07) is 0. The van der Waals surface area contributed by atoms with Crippen LogP contribution in [0.4, 0.5) is 14.0 Å². The largest absolute Gasteiger partial charge is 1.00 e. The number of ether oxygens (including phenoxy) is 4. The molecule has 0 aromatic rings. The molecule has 0 aromatic carbocycles. The molecule has 2 heterocycles. The second-order valence-corrected chi connectivity index (χ2v) is 3.22. The van der Waals surface area contributed by atoms with E-state index in [0.717, 1.165) is 0 Å². The molecule has 2 rings (SSSR count). The van der Waals surface area contributed by atoms with Crippen LogP contribution >= 0.6 is 11.6 Å². The molecule has 0 aliphatic carbocycles. The van der Waals surface area contributed by atoms with Crippen molar-refractivity contribution in [2.24, 2.45) is 0 Å². The summed E-state index contributed by atoms with van der Waals surface area (Å²) < 4.78 is 29.0. The Hall–Kier alpha value is 0.326. The SMILES string of the molecule is O=C1OCC(CCl)O1.O=C1OCC(CF)O1.[F-].[K+]. The molecule has 0 N–H and O–H groups in total. The molecular weight excluding hydrogens is 305 g/mol. The predicted octanol–water partition coefficient (Wildman–Crippen LogP) is -4.74. The molecular formula is C8H10ClF2KO6. The van der Waals surface area contributed by atoms with E-state index in [4.69, 9.17) is 11.6 Å². The van der Waals surface area contributed by atoms with E-state index >= 15 is 0 Å². The van der Waals surface area contributed by atoms with Gasteiger partial charge >= 0.3 is 63.7 Å². The Labute approximate surface area is 149 Å². The first-order valence-corrected chi connectivity index (χ1v) is 4.98. The average molecular weight is 315 g/mol. The van der Waals surface area contributed by atoms with Crippen LogP contribution in [-0.4, -0.2) is 50.3 Å². The maximum atomic E-state index is 11.5. The fraction of sp³-hybridized carbons (Fsp3) is 0.750. The number of rotatable bonds is 2. The van der Waals surface area contributed by atoms with Gasteiger partial charge in [-0.3, -0.25) is 0 Å². The van der Waals surface area contributed by atoms with Gasteiger partial charge in [0.15, 0.2) is 12.2 Å². The van der Waals surface area contributed by atoms with Crippen LogP contribution in [0.25, 0.3) is 0 Å². The third-order valence-corrected chi connectivity index (χ3v) is 1.99. The predicted molar refractivity (Wildman–Crippen MR) is 49.1 cm³/mol. The van der Waals surface area contributed by atoms with Crippen molar-refractivity contribution in [3.63, 3.8) is 0 Å². The van der Waals surface area contributed by atoms with Crippen molar-refractivity contribution in [3.05, 3.63) is 0 Å². The molecule has 2 unspecified atom stereocenters. The van der Waals surface area contributed by atoms with Crippen LogP contribution < -0.4 is 56.1 Å². The van der Waals surface area contributed by atoms with Gasteiger partial charge in [-0.15, -0.1) is 11.6 Å². The van der Waals surface area contributed by atoms with Crippen LogP contribution in [0, 0.1) is 0 Å². The maximum Gasteiger partial charge on any atom is 1.00 e. The number of hydrogen-bond donors (Lipinski definition) is 0. The van der Waals surface area contributed by atoms with Crippen molar-refractivity contribution in [2.75, 3.05) is 25.8 Å². The normalized spacial score (nSPS) is 24.1. The summed E-state index contributed by atoms with van der Waals surface area (Å²) >= 11 is 5.32. The van der Waals surface area contributed by atoms with Gasteiger partial charge < -0.3 is 23.7 Å². The van der Waals surface area contributed by atoms with Crippen molar-refractivity contribution in [1.82, 2.24) is 0 Å². The summed E-state index contributed by atoms with van der Waals surface area (Å²) in [6.45, 7) is -0.316. The third kappa shape index (κ3) is 7.69. The number of halogens is 3. The van der Waals surface area contributed by atoms with Crippen LogP contribution in [-0.2, 0) is 18.9 Å². The Morgan fingerprint density at radius 1 is 1.11 bits per heavy atom. The molecule has 10 heteroatoms. The van der Waals surface area contributed by atoms with Crippen LogP contribution in [0.3, 0.4) is 0 Å². The van der Waals surface area contributed by atoms with Crippen LogP contribution in [0.1, 0.15) is 0 Å². The minimum absolute atomic E-state index is 0. The van der Waals surface area contributed by atoms with E-state index in [-0.39, 0.29) is 68.8 Å². The monoisotopic (exact) mass is 314 g/mol. The van der Waals surface area contributed by atoms with E-state index in [2.05, 4.69) is 18.9 Å². The standard InChI is InChI=1S/C4H5ClO3.C4H5FO3.FH.K/c2*5-1-3-2-7-4(6)8-3;;/h2*3H,1-2H2;1H;/q;;;+1/p-1. The fourth-order valence-electron chi connectivity index (χ4n) is 0.882. The molecule has 2 aliphatic heterocycles. The van der Waals surface area contributed by atoms with E-state index in [1.165, 1.54) is 0 Å². The minimum Gasteiger partial charge on any atom is -1.00 e. The van der Waals surface area contributed by atoms with Gasteiger partial charge in [0.25, 0.3) is 0 Å². The summed E-state index contributed by atoms with van der Waals surface area (Å²) in [6.07, 6.45) is -2.28. The van der Waals surface area contributed by atoms with E-state index in [1.54, 1.807) is 0 Å². The number of carbonyl (C=O) groups is 2. The van der Waals surface area contributed by atoms with Crippen LogP contribution in [0.15, 0.2) is 0 Å². The smallest absolute Gasteiger partial charge is 1.00 e. The van der Waals surface area contributed by atoms with Gasteiger partial charge in [-0.25, -0.2) is 14.0 Å². The van der Waals surface area contributed by atoms with Gasteiger partial charge in [-0.2, -0.15) is 0 Å². The maximum absolute atomic E-state index is 11.5. The molecule has 0 radical (unpaired) electrons. The van der Waals surface area contributed by atoms with Crippen LogP contribution in [0.5, 0.6) is 0 Å². The summed E-state index contributed by atoms with van der Waals surface area (Å²) in [5, 5.41) is 0. The quantitative estimate of drug-likeness (QED) is 0.290. The average Bonchev–Trinajstić information content (AvgIpc) is 2.88. The van der Waals surface area contributed by atoms with Crippen molar-refractivity contribution in [3.8, 4) is 0 Å². The van der Waals surface area contributed by atoms with Crippen molar-refractivity contribution in [2.45, 2.75) is 12.2 Å². The Kier molecular flexibility index (Phi) is 12.8. The first kappa shape index (κ1) is 20.6. The number of cyclic esters (lactones) is 4. The summed E-state index contributed by atoms with van der Waals surface area (Å²) in [5.74, 6) is 0.311. The summed E-state index contributed by atoms with van der Waals surface area (Å²) in [5.41, 5.74) is 0. The molecule has 0 saturated carbocycles. The first-order valence-electron chi connectivity index (χ1n) is 4.44. The number of alkyl halides is 2. The zero-order valence-corrected chi connectivity index (χ0v) is 13.4. The van der Waals surface area contributed by atoms with Crippen molar-refractivity contribution < 1.29 is 89.0 Å². The number of hydrogen-bond acceptors (Lipinski definition) is 6. The zero-order chi connectivity index (χ0) is 12.0. The van der Waals surface area contributed by atoms with E-state index in [9.17, 15) is 14.0 Å². The first-order chi connectivity index (χ1) is 7.65. The second kappa shape index (κ2) is 11.2. The van der Waals surface area contributed by atoms with Crippen molar-refractivity contribution >= 4 is 23.9 Å². The van der Waals surface area contributed by atoms with E-state index < -0.39 is 25.1 Å². The van der Waals surface area contributed by atoms with Gasteiger partial charge in [0.05, 0.1) is 5.88 Å². The Balaban J connectivity index is 0. The van der Waals surface area contributed by atoms with Gasteiger partial charge in [0, 0.05) is 0 Å².